The third kappa shape index (κ3) is 2.79. The molecule has 0 saturated carbocycles. The van der Waals surface area contributed by atoms with Gasteiger partial charge in [-0.15, -0.1) is 0 Å². The van der Waals surface area contributed by atoms with Crippen LogP contribution in [0, 0.1) is 0 Å². The summed E-state index contributed by atoms with van der Waals surface area (Å²) in [6, 6.07) is 9.97. The second-order valence-electron chi connectivity index (χ2n) is 2.65. The molecule has 0 spiro atoms. The molecule has 0 amide bonds. The molecular formula is C10H13BrO2. The molecule has 2 atom stereocenters. The molecule has 0 aliphatic carbocycles. The third-order valence-electron chi connectivity index (χ3n) is 1.85. The van der Waals surface area contributed by atoms with Gasteiger partial charge in [-0.3, -0.25) is 0 Å². The van der Waals surface area contributed by atoms with Crippen molar-refractivity contribution >= 4 is 15.9 Å². The first-order chi connectivity index (χ1) is 6.29. The monoisotopic (exact) mass is 244 g/mol. The Hall–Kier alpha value is -0.380. The Kier molecular flexibility index (Phi) is 4.42. The second kappa shape index (κ2) is 5.37. The van der Waals surface area contributed by atoms with Crippen LogP contribution in [-0.4, -0.2) is 19.2 Å². The van der Waals surface area contributed by atoms with E-state index in [2.05, 4.69) is 15.9 Å². The molecule has 0 radical (unpaired) electrons. The SMILES string of the molecule is COC(Br)C(OC)c1ccccc1. The van der Waals surface area contributed by atoms with Crippen molar-refractivity contribution in [2.24, 2.45) is 0 Å². The van der Waals surface area contributed by atoms with Gasteiger partial charge in [-0.2, -0.15) is 0 Å². The van der Waals surface area contributed by atoms with E-state index in [1.165, 1.54) is 0 Å². The maximum Gasteiger partial charge on any atom is 0.142 e. The molecule has 0 bridgehead atoms. The first kappa shape index (κ1) is 10.7. The van der Waals surface area contributed by atoms with Gasteiger partial charge in [0.2, 0.25) is 0 Å². The minimum Gasteiger partial charge on any atom is -0.373 e. The van der Waals surface area contributed by atoms with Gasteiger partial charge in [0.25, 0.3) is 0 Å². The normalized spacial score (nSPS) is 15.3. The lowest BCUT2D eigenvalue weighted by molar-refractivity contribution is 0.0119. The highest BCUT2D eigenvalue weighted by molar-refractivity contribution is 9.09. The van der Waals surface area contributed by atoms with Crippen molar-refractivity contribution in [1.29, 1.82) is 0 Å². The number of halogens is 1. The molecule has 13 heavy (non-hydrogen) atoms. The van der Waals surface area contributed by atoms with Gasteiger partial charge in [0.1, 0.15) is 11.1 Å². The van der Waals surface area contributed by atoms with Crippen LogP contribution in [0.4, 0.5) is 0 Å². The summed E-state index contributed by atoms with van der Waals surface area (Å²) in [5.41, 5.74) is 1.11. The molecule has 2 unspecified atom stereocenters. The van der Waals surface area contributed by atoms with Gasteiger partial charge in [0.15, 0.2) is 0 Å². The zero-order valence-corrected chi connectivity index (χ0v) is 9.32. The van der Waals surface area contributed by atoms with E-state index in [1.807, 2.05) is 30.3 Å². The maximum absolute atomic E-state index is 5.32. The van der Waals surface area contributed by atoms with E-state index in [4.69, 9.17) is 9.47 Å². The van der Waals surface area contributed by atoms with Crippen molar-refractivity contribution in [3.8, 4) is 0 Å². The van der Waals surface area contributed by atoms with E-state index in [1.54, 1.807) is 14.2 Å². The Labute approximate surface area is 87.0 Å². The summed E-state index contributed by atoms with van der Waals surface area (Å²) in [5, 5.41) is -0.111. The number of hydrogen-bond acceptors (Lipinski definition) is 2. The number of benzene rings is 1. The largest absolute Gasteiger partial charge is 0.373 e. The Morgan fingerprint density at radius 1 is 1.08 bits per heavy atom. The molecule has 0 aliphatic heterocycles. The number of methoxy groups -OCH3 is 2. The highest BCUT2D eigenvalue weighted by atomic mass is 79.9. The van der Waals surface area contributed by atoms with E-state index in [0.29, 0.717) is 0 Å². The lowest BCUT2D eigenvalue weighted by atomic mass is 10.1. The quantitative estimate of drug-likeness (QED) is 0.759. The van der Waals surface area contributed by atoms with Crippen molar-refractivity contribution < 1.29 is 9.47 Å². The zero-order chi connectivity index (χ0) is 9.68. The molecule has 1 rings (SSSR count). The van der Waals surface area contributed by atoms with Crippen LogP contribution >= 0.6 is 15.9 Å². The van der Waals surface area contributed by atoms with Gasteiger partial charge < -0.3 is 9.47 Å². The van der Waals surface area contributed by atoms with Crippen LogP contribution in [0.1, 0.15) is 11.7 Å². The second-order valence-corrected chi connectivity index (χ2v) is 3.56. The smallest absolute Gasteiger partial charge is 0.142 e. The lowest BCUT2D eigenvalue weighted by Crippen LogP contribution is -2.16. The lowest BCUT2D eigenvalue weighted by Gasteiger charge is -2.20. The molecule has 3 heteroatoms. The fourth-order valence-electron chi connectivity index (χ4n) is 1.16. The van der Waals surface area contributed by atoms with E-state index in [9.17, 15) is 0 Å². The highest BCUT2D eigenvalue weighted by Crippen LogP contribution is 2.25. The van der Waals surface area contributed by atoms with E-state index in [-0.39, 0.29) is 11.1 Å². The van der Waals surface area contributed by atoms with Gasteiger partial charge in [0.05, 0.1) is 0 Å². The van der Waals surface area contributed by atoms with Gasteiger partial charge in [0, 0.05) is 14.2 Å². The van der Waals surface area contributed by atoms with Crippen molar-refractivity contribution in [2.75, 3.05) is 14.2 Å². The molecule has 72 valence electrons. The Balaban J connectivity index is 2.78. The van der Waals surface area contributed by atoms with Crippen LogP contribution in [0.3, 0.4) is 0 Å². The summed E-state index contributed by atoms with van der Waals surface area (Å²) in [5.74, 6) is 0. The Morgan fingerprint density at radius 2 is 1.69 bits per heavy atom. The minimum atomic E-state index is -0.111. The summed E-state index contributed by atoms with van der Waals surface area (Å²) >= 11 is 3.39. The van der Waals surface area contributed by atoms with Gasteiger partial charge in [-0.25, -0.2) is 0 Å². The average molecular weight is 245 g/mol. The van der Waals surface area contributed by atoms with Crippen molar-refractivity contribution in [2.45, 2.75) is 11.1 Å². The third-order valence-corrected chi connectivity index (χ3v) is 2.70. The molecule has 0 fully saturated rings. The van der Waals surface area contributed by atoms with Gasteiger partial charge in [-0.05, 0) is 5.56 Å². The fourth-order valence-corrected chi connectivity index (χ4v) is 1.68. The number of rotatable bonds is 4. The zero-order valence-electron chi connectivity index (χ0n) is 7.74. The summed E-state index contributed by atoms with van der Waals surface area (Å²) in [6.07, 6.45) is -0.0637. The first-order valence-corrected chi connectivity index (χ1v) is 4.95. The molecule has 0 heterocycles. The molecule has 0 saturated heterocycles. The van der Waals surface area contributed by atoms with E-state index < -0.39 is 0 Å². The van der Waals surface area contributed by atoms with E-state index in [0.717, 1.165) is 5.56 Å². The van der Waals surface area contributed by atoms with Crippen molar-refractivity contribution in [3.05, 3.63) is 35.9 Å². The number of alkyl halides is 1. The standard InChI is InChI=1S/C10H13BrO2/c1-12-9(10(11)13-2)8-6-4-3-5-7-8/h3-7,9-10H,1-2H3. The summed E-state index contributed by atoms with van der Waals surface area (Å²) in [6.45, 7) is 0. The summed E-state index contributed by atoms with van der Waals surface area (Å²) in [4.78, 5) is 0. The van der Waals surface area contributed by atoms with Gasteiger partial charge >= 0.3 is 0 Å². The van der Waals surface area contributed by atoms with E-state index >= 15 is 0 Å². The summed E-state index contributed by atoms with van der Waals surface area (Å²) in [7, 11) is 3.32. The Bertz CT molecular complexity index is 238. The number of ether oxygens (including phenoxy) is 2. The highest BCUT2D eigenvalue weighted by Gasteiger charge is 2.19. The minimum absolute atomic E-state index is 0.0637. The molecule has 0 aromatic heterocycles. The predicted octanol–water partition coefficient (Wildman–Crippen LogP) is 2.74. The molecule has 1 aromatic rings. The van der Waals surface area contributed by atoms with Crippen molar-refractivity contribution in [1.82, 2.24) is 0 Å². The first-order valence-electron chi connectivity index (χ1n) is 4.04. The Morgan fingerprint density at radius 3 is 2.15 bits per heavy atom. The fraction of sp³-hybridized carbons (Fsp3) is 0.400. The van der Waals surface area contributed by atoms with Gasteiger partial charge in [-0.1, -0.05) is 46.3 Å². The van der Waals surface area contributed by atoms with Crippen LogP contribution in [0.25, 0.3) is 0 Å². The van der Waals surface area contributed by atoms with Crippen LogP contribution < -0.4 is 0 Å². The maximum atomic E-state index is 5.32. The predicted molar refractivity (Wildman–Crippen MR) is 55.9 cm³/mol. The average Bonchev–Trinajstić information content (AvgIpc) is 2.20. The van der Waals surface area contributed by atoms with Crippen LogP contribution in [0.5, 0.6) is 0 Å². The van der Waals surface area contributed by atoms with Crippen LogP contribution in [0.2, 0.25) is 0 Å². The summed E-state index contributed by atoms with van der Waals surface area (Å²) < 4.78 is 10.5. The molecule has 2 nitrogen and oxygen atoms in total. The topological polar surface area (TPSA) is 18.5 Å². The molecule has 0 aliphatic rings. The van der Waals surface area contributed by atoms with Crippen molar-refractivity contribution in [3.63, 3.8) is 0 Å². The molecule has 1 aromatic carbocycles. The molecular weight excluding hydrogens is 232 g/mol. The van der Waals surface area contributed by atoms with Crippen LogP contribution in [0.15, 0.2) is 30.3 Å². The number of hydrogen-bond donors (Lipinski definition) is 0. The van der Waals surface area contributed by atoms with Crippen LogP contribution in [-0.2, 0) is 9.47 Å². The molecule has 0 N–H and O–H groups in total.